The monoisotopic (exact) mass is 234 g/mol. The lowest BCUT2D eigenvalue weighted by Crippen LogP contribution is -1.82. The maximum absolute atomic E-state index is 4.58. The van der Waals surface area contributed by atoms with E-state index >= 15 is 0 Å². The van der Waals surface area contributed by atoms with Gasteiger partial charge in [-0.1, -0.05) is 20.8 Å². The third kappa shape index (κ3) is 2.89. The Morgan fingerprint density at radius 1 is 1.31 bits per heavy atom. The summed E-state index contributed by atoms with van der Waals surface area (Å²) < 4.78 is 0. The molecule has 0 saturated carbocycles. The summed E-state index contributed by atoms with van der Waals surface area (Å²) in [5, 5.41) is 1.08. The van der Waals surface area contributed by atoms with Crippen molar-refractivity contribution >= 4 is 11.3 Å². The highest BCUT2D eigenvalue weighted by molar-refractivity contribution is 7.15. The van der Waals surface area contributed by atoms with Crippen LogP contribution in [-0.4, -0.2) is 9.97 Å². The minimum absolute atomic E-state index is 1.00. The quantitative estimate of drug-likeness (QED) is 0.781. The van der Waals surface area contributed by atoms with Gasteiger partial charge in [-0.15, -0.1) is 11.3 Å². The molecule has 16 heavy (non-hydrogen) atoms. The molecule has 0 unspecified atom stereocenters. The molecule has 0 aromatic carbocycles. The molecule has 0 bridgehead atoms. The first-order valence-electron chi connectivity index (χ1n) is 5.68. The number of hydrogen-bond donors (Lipinski definition) is 0. The third-order valence-electron chi connectivity index (χ3n) is 2.14. The Morgan fingerprint density at radius 3 is 2.56 bits per heavy atom. The molecule has 86 valence electrons. The third-order valence-corrected chi connectivity index (χ3v) is 3.20. The summed E-state index contributed by atoms with van der Waals surface area (Å²) in [6.07, 6.45) is 4.64. The van der Waals surface area contributed by atoms with Crippen molar-refractivity contribution in [1.29, 1.82) is 0 Å². The SMILES string of the molecule is CC.CCc1nc(-c2cccnc2)sc1C. The van der Waals surface area contributed by atoms with E-state index in [0.717, 1.165) is 17.0 Å². The Hall–Kier alpha value is -1.22. The van der Waals surface area contributed by atoms with Crippen molar-refractivity contribution in [3.63, 3.8) is 0 Å². The molecule has 0 N–H and O–H groups in total. The zero-order valence-electron chi connectivity index (χ0n) is 10.3. The van der Waals surface area contributed by atoms with Crippen molar-refractivity contribution < 1.29 is 0 Å². The van der Waals surface area contributed by atoms with Crippen LogP contribution in [-0.2, 0) is 6.42 Å². The molecule has 0 radical (unpaired) electrons. The number of hydrogen-bond acceptors (Lipinski definition) is 3. The van der Waals surface area contributed by atoms with E-state index in [1.807, 2.05) is 32.2 Å². The first-order valence-corrected chi connectivity index (χ1v) is 6.49. The van der Waals surface area contributed by atoms with E-state index in [0.29, 0.717) is 0 Å². The molecule has 2 nitrogen and oxygen atoms in total. The van der Waals surface area contributed by atoms with Gasteiger partial charge in [-0.25, -0.2) is 4.98 Å². The summed E-state index contributed by atoms with van der Waals surface area (Å²) in [5.74, 6) is 0. The lowest BCUT2D eigenvalue weighted by molar-refractivity contribution is 1.05. The molecule has 0 fully saturated rings. The fourth-order valence-electron chi connectivity index (χ4n) is 1.37. The Morgan fingerprint density at radius 2 is 2.06 bits per heavy atom. The molecule has 2 aromatic rings. The summed E-state index contributed by atoms with van der Waals surface area (Å²) in [7, 11) is 0. The maximum atomic E-state index is 4.58. The highest BCUT2D eigenvalue weighted by atomic mass is 32.1. The molecule has 0 aliphatic heterocycles. The molecule has 0 aliphatic rings. The molecule has 2 rings (SSSR count). The van der Waals surface area contributed by atoms with E-state index in [4.69, 9.17) is 0 Å². The van der Waals surface area contributed by atoms with Gasteiger partial charge in [0.25, 0.3) is 0 Å². The number of thiazole rings is 1. The Balaban J connectivity index is 0.000000606. The number of aromatic nitrogens is 2. The maximum Gasteiger partial charge on any atom is 0.125 e. The van der Waals surface area contributed by atoms with Gasteiger partial charge in [0.1, 0.15) is 5.01 Å². The van der Waals surface area contributed by atoms with Crippen LogP contribution >= 0.6 is 11.3 Å². The highest BCUT2D eigenvalue weighted by Gasteiger charge is 2.07. The molecule has 0 atom stereocenters. The van der Waals surface area contributed by atoms with Crippen LogP contribution in [0.5, 0.6) is 0 Å². The number of nitrogens with zero attached hydrogens (tertiary/aromatic N) is 2. The van der Waals surface area contributed by atoms with Crippen molar-refractivity contribution in [2.24, 2.45) is 0 Å². The first kappa shape index (κ1) is 12.8. The van der Waals surface area contributed by atoms with Gasteiger partial charge in [0.15, 0.2) is 0 Å². The van der Waals surface area contributed by atoms with Crippen molar-refractivity contribution in [3.8, 4) is 10.6 Å². The summed E-state index contributed by atoms with van der Waals surface area (Å²) in [6, 6.07) is 3.99. The fourth-order valence-corrected chi connectivity index (χ4v) is 2.36. The van der Waals surface area contributed by atoms with Crippen molar-refractivity contribution in [3.05, 3.63) is 35.1 Å². The van der Waals surface area contributed by atoms with E-state index in [1.165, 1.54) is 10.6 Å². The first-order chi connectivity index (χ1) is 7.81. The van der Waals surface area contributed by atoms with Crippen molar-refractivity contribution in [1.82, 2.24) is 9.97 Å². The van der Waals surface area contributed by atoms with E-state index in [9.17, 15) is 0 Å². The molecule has 0 spiro atoms. The minimum Gasteiger partial charge on any atom is -0.264 e. The standard InChI is InChI=1S/C11H12N2S.C2H6/c1-3-10-8(2)14-11(13-10)9-5-4-6-12-7-9;1-2/h4-7H,3H2,1-2H3;1-2H3. The summed E-state index contributed by atoms with van der Waals surface area (Å²) in [5.41, 5.74) is 2.31. The lowest BCUT2D eigenvalue weighted by Gasteiger charge is -1.92. The lowest BCUT2D eigenvalue weighted by atomic mass is 10.3. The number of rotatable bonds is 2. The topological polar surface area (TPSA) is 25.8 Å². The van der Waals surface area contributed by atoms with E-state index in [2.05, 4.69) is 23.8 Å². The number of pyridine rings is 1. The van der Waals surface area contributed by atoms with E-state index in [1.54, 1.807) is 17.5 Å². The molecule has 2 heterocycles. The molecular formula is C13H18N2S. The second-order valence-electron chi connectivity index (χ2n) is 3.12. The van der Waals surface area contributed by atoms with Gasteiger partial charge in [0.2, 0.25) is 0 Å². The van der Waals surface area contributed by atoms with Gasteiger partial charge in [-0.3, -0.25) is 4.98 Å². The number of aryl methyl sites for hydroxylation is 2. The minimum atomic E-state index is 1.00. The molecule has 3 heteroatoms. The van der Waals surface area contributed by atoms with Crippen LogP contribution < -0.4 is 0 Å². The van der Waals surface area contributed by atoms with Gasteiger partial charge in [-0.05, 0) is 25.5 Å². The smallest absolute Gasteiger partial charge is 0.125 e. The Labute approximate surface area is 101 Å². The van der Waals surface area contributed by atoms with E-state index in [-0.39, 0.29) is 0 Å². The Bertz CT molecular complexity index is 421. The average Bonchev–Trinajstić information content (AvgIpc) is 2.74. The van der Waals surface area contributed by atoms with Gasteiger partial charge >= 0.3 is 0 Å². The second kappa shape index (κ2) is 6.38. The molecule has 2 aromatic heterocycles. The van der Waals surface area contributed by atoms with Crippen molar-refractivity contribution in [2.45, 2.75) is 34.1 Å². The van der Waals surface area contributed by atoms with Crippen LogP contribution in [0.25, 0.3) is 10.6 Å². The largest absolute Gasteiger partial charge is 0.264 e. The van der Waals surface area contributed by atoms with Crippen LogP contribution in [0.15, 0.2) is 24.5 Å². The van der Waals surface area contributed by atoms with Gasteiger partial charge < -0.3 is 0 Å². The summed E-state index contributed by atoms with van der Waals surface area (Å²) in [6.45, 7) is 8.26. The van der Waals surface area contributed by atoms with Crippen LogP contribution in [0.4, 0.5) is 0 Å². The fraction of sp³-hybridized carbons (Fsp3) is 0.385. The molecule has 0 amide bonds. The summed E-state index contributed by atoms with van der Waals surface area (Å²) >= 11 is 1.74. The highest BCUT2D eigenvalue weighted by Crippen LogP contribution is 2.26. The summed E-state index contributed by atoms with van der Waals surface area (Å²) in [4.78, 5) is 9.98. The van der Waals surface area contributed by atoms with Crippen LogP contribution in [0.1, 0.15) is 31.3 Å². The molecular weight excluding hydrogens is 216 g/mol. The predicted molar refractivity (Wildman–Crippen MR) is 70.8 cm³/mol. The normalized spacial score (nSPS) is 9.50. The van der Waals surface area contributed by atoms with Gasteiger partial charge in [0, 0.05) is 22.8 Å². The van der Waals surface area contributed by atoms with Gasteiger partial charge in [0.05, 0.1) is 5.69 Å². The van der Waals surface area contributed by atoms with Crippen molar-refractivity contribution in [2.75, 3.05) is 0 Å². The predicted octanol–water partition coefficient (Wildman–Crippen LogP) is 4.10. The van der Waals surface area contributed by atoms with E-state index < -0.39 is 0 Å². The Kier molecular flexibility index (Phi) is 5.12. The second-order valence-corrected chi connectivity index (χ2v) is 4.32. The van der Waals surface area contributed by atoms with Crippen LogP contribution in [0.3, 0.4) is 0 Å². The average molecular weight is 234 g/mol. The zero-order valence-corrected chi connectivity index (χ0v) is 11.1. The molecule has 0 aliphatic carbocycles. The van der Waals surface area contributed by atoms with Crippen LogP contribution in [0.2, 0.25) is 0 Å². The zero-order chi connectivity index (χ0) is 12.0. The van der Waals surface area contributed by atoms with Crippen LogP contribution in [0, 0.1) is 6.92 Å². The van der Waals surface area contributed by atoms with Gasteiger partial charge in [-0.2, -0.15) is 0 Å². The molecule has 0 saturated heterocycles.